The maximum absolute atomic E-state index is 12.6. The summed E-state index contributed by atoms with van der Waals surface area (Å²) in [6, 6.07) is 11.2. The second kappa shape index (κ2) is 9.05. The van der Waals surface area contributed by atoms with Gasteiger partial charge < -0.3 is 14.8 Å². The minimum Gasteiger partial charge on any atom is -0.490 e. The summed E-state index contributed by atoms with van der Waals surface area (Å²) in [7, 11) is -3.85. The van der Waals surface area contributed by atoms with Crippen molar-refractivity contribution in [3.05, 3.63) is 53.1 Å². The van der Waals surface area contributed by atoms with Crippen LogP contribution in [0.5, 0.6) is 11.5 Å². The lowest BCUT2D eigenvalue weighted by Gasteiger charge is -2.24. The molecule has 0 radical (unpaired) electrons. The molecule has 0 saturated heterocycles. The van der Waals surface area contributed by atoms with E-state index < -0.39 is 21.5 Å². The van der Waals surface area contributed by atoms with Crippen LogP contribution in [0.2, 0.25) is 5.02 Å². The van der Waals surface area contributed by atoms with Crippen LogP contribution in [0.15, 0.2) is 47.4 Å². The van der Waals surface area contributed by atoms with Crippen molar-refractivity contribution < 1.29 is 22.7 Å². The van der Waals surface area contributed by atoms with E-state index in [9.17, 15) is 13.2 Å². The Morgan fingerprint density at radius 2 is 1.79 bits per heavy atom. The summed E-state index contributed by atoms with van der Waals surface area (Å²) in [6.45, 7) is 5.06. The number of ether oxygens (including phenoxy) is 2. The molecule has 0 saturated carbocycles. The largest absolute Gasteiger partial charge is 0.490 e. The average Bonchev–Trinajstić information content (AvgIpc) is 2.90. The lowest BCUT2D eigenvalue weighted by Crippen LogP contribution is -2.36. The third kappa shape index (κ3) is 5.22. The van der Waals surface area contributed by atoms with E-state index in [1.165, 1.54) is 12.1 Å². The van der Waals surface area contributed by atoms with Crippen LogP contribution in [-0.4, -0.2) is 33.3 Å². The van der Waals surface area contributed by atoms with Crippen LogP contribution >= 0.6 is 11.6 Å². The molecule has 8 heteroatoms. The standard InChI is InChI=1S/C21H24ClNO5S/c1-14(2)21(15-8-9-17-18(12-15)28-11-5-10-27-17)23-20(24)13-29(25,26)19-7-4-3-6-16(19)22/h3-4,6-9,12,14,21H,5,10-11,13H2,1-2H3,(H,23,24)/t21-/m0/s1. The number of carbonyl (C=O) groups excluding carboxylic acids is 1. The molecular formula is C21H24ClNO5S. The van der Waals surface area contributed by atoms with Gasteiger partial charge in [0.15, 0.2) is 21.3 Å². The maximum Gasteiger partial charge on any atom is 0.236 e. The lowest BCUT2D eigenvalue weighted by molar-refractivity contribution is -0.119. The number of sulfone groups is 1. The number of benzene rings is 2. The maximum atomic E-state index is 12.6. The second-order valence-electron chi connectivity index (χ2n) is 7.24. The molecule has 156 valence electrons. The number of hydrogen-bond acceptors (Lipinski definition) is 5. The summed E-state index contributed by atoms with van der Waals surface area (Å²) >= 11 is 5.99. The Bertz CT molecular complexity index is 990. The fraction of sp³-hybridized carbons (Fsp3) is 0.381. The summed E-state index contributed by atoms with van der Waals surface area (Å²) < 4.78 is 36.6. The molecule has 0 aromatic heterocycles. The number of amides is 1. The zero-order valence-electron chi connectivity index (χ0n) is 16.4. The van der Waals surface area contributed by atoms with Crippen LogP contribution in [-0.2, 0) is 14.6 Å². The van der Waals surface area contributed by atoms with Gasteiger partial charge in [0.1, 0.15) is 5.75 Å². The number of fused-ring (bicyclic) bond motifs is 1. The Labute approximate surface area is 176 Å². The van der Waals surface area contributed by atoms with E-state index >= 15 is 0 Å². The van der Waals surface area contributed by atoms with Crippen LogP contribution in [0.4, 0.5) is 0 Å². The highest BCUT2D eigenvalue weighted by atomic mass is 35.5. The first kappa shape index (κ1) is 21.5. The first-order valence-corrected chi connectivity index (χ1v) is 11.5. The van der Waals surface area contributed by atoms with Crippen molar-refractivity contribution in [1.29, 1.82) is 0 Å². The number of carbonyl (C=O) groups is 1. The van der Waals surface area contributed by atoms with Crippen molar-refractivity contribution in [3.63, 3.8) is 0 Å². The van der Waals surface area contributed by atoms with Crippen molar-refractivity contribution in [1.82, 2.24) is 5.32 Å². The summed E-state index contributed by atoms with van der Waals surface area (Å²) in [5.74, 6) is 0.0669. The molecule has 2 aromatic carbocycles. The molecule has 0 unspecified atom stereocenters. The predicted molar refractivity (Wildman–Crippen MR) is 111 cm³/mol. The smallest absolute Gasteiger partial charge is 0.236 e. The van der Waals surface area contributed by atoms with Gasteiger partial charge in [-0.15, -0.1) is 0 Å². The van der Waals surface area contributed by atoms with Crippen LogP contribution in [0, 0.1) is 5.92 Å². The van der Waals surface area contributed by atoms with E-state index in [2.05, 4.69) is 5.32 Å². The van der Waals surface area contributed by atoms with Crippen LogP contribution < -0.4 is 14.8 Å². The lowest BCUT2D eigenvalue weighted by atomic mass is 9.95. The zero-order valence-corrected chi connectivity index (χ0v) is 17.9. The topological polar surface area (TPSA) is 81.7 Å². The van der Waals surface area contributed by atoms with Crippen molar-refractivity contribution >= 4 is 27.3 Å². The van der Waals surface area contributed by atoms with E-state index in [-0.39, 0.29) is 21.9 Å². The molecule has 3 rings (SSSR count). The SMILES string of the molecule is CC(C)[C@H](NC(=O)CS(=O)(=O)c1ccccc1Cl)c1ccc2c(c1)OCCCO2. The third-order valence-corrected chi connectivity index (χ3v) is 6.72. The molecule has 1 aliphatic heterocycles. The van der Waals surface area contributed by atoms with Gasteiger partial charge in [-0.3, -0.25) is 4.79 Å². The molecule has 0 bridgehead atoms. The first-order valence-electron chi connectivity index (χ1n) is 9.44. The molecular weight excluding hydrogens is 414 g/mol. The van der Waals surface area contributed by atoms with Crippen molar-refractivity contribution in [3.8, 4) is 11.5 Å². The Hall–Kier alpha value is -2.25. The van der Waals surface area contributed by atoms with Gasteiger partial charge in [-0.1, -0.05) is 43.6 Å². The molecule has 2 aromatic rings. The first-order chi connectivity index (χ1) is 13.8. The normalized spacial score (nSPS) is 14.9. The molecule has 1 N–H and O–H groups in total. The highest BCUT2D eigenvalue weighted by Crippen LogP contribution is 2.34. The van der Waals surface area contributed by atoms with E-state index in [1.807, 2.05) is 32.0 Å². The summed E-state index contributed by atoms with van der Waals surface area (Å²) in [5, 5.41) is 2.94. The van der Waals surface area contributed by atoms with Gasteiger partial charge >= 0.3 is 0 Å². The molecule has 1 amide bonds. The molecule has 0 fully saturated rings. The fourth-order valence-corrected chi connectivity index (χ4v) is 4.89. The van der Waals surface area contributed by atoms with E-state index in [0.29, 0.717) is 24.7 Å². The number of halogens is 1. The summed E-state index contributed by atoms with van der Waals surface area (Å²) in [5.41, 5.74) is 0.827. The van der Waals surface area contributed by atoms with Gasteiger partial charge in [-0.25, -0.2) is 8.42 Å². The molecule has 1 atom stereocenters. The molecule has 0 aliphatic carbocycles. The minimum absolute atomic E-state index is 0.0340. The monoisotopic (exact) mass is 437 g/mol. The van der Waals surface area contributed by atoms with Gasteiger partial charge in [-0.2, -0.15) is 0 Å². The number of hydrogen-bond donors (Lipinski definition) is 1. The Balaban J connectivity index is 1.78. The molecule has 6 nitrogen and oxygen atoms in total. The highest BCUT2D eigenvalue weighted by molar-refractivity contribution is 7.92. The van der Waals surface area contributed by atoms with Gasteiger partial charge in [0.25, 0.3) is 0 Å². The van der Waals surface area contributed by atoms with E-state index in [4.69, 9.17) is 21.1 Å². The second-order valence-corrected chi connectivity index (χ2v) is 9.60. The van der Waals surface area contributed by atoms with Gasteiger partial charge in [0, 0.05) is 6.42 Å². The third-order valence-electron chi connectivity index (χ3n) is 4.61. The number of rotatable bonds is 6. The molecule has 1 heterocycles. The van der Waals surface area contributed by atoms with Gasteiger partial charge in [0.2, 0.25) is 5.91 Å². The summed E-state index contributed by atoms with van der Waals surface area (Å²) in [4.78, 5) is 12.5. The van der Waals surface area contributed by atoms with Crippen LogP contribution in [0.25, 0.3) is 0 Å². The summed E-state index contributed by atoms with van der Waals surface area (Å²) in [6.07, 6.45) is 0.800. The molecule has 29 heavy (non-hydrogen) atoms. The van der Waals surface area contributed by atoms with Crippen molar-refractivity contribution in [2.24, 2.45) is 5.92 Å². The van der Waals surface area contributed by atoms with Crippen molar-refractivity contribution in [2.45, 2.75) is 31.2 Å². The number of nitrogens with one attached hydrogen (secondary N) is 1. The molecule has 1 aliphatic rings. The fourth-order valence-electron chi connectivity index (χ4n) is 3.17. The average molecular weight is 438 g/mol. The highest BCUT2D eigenvalue weighted by Gasteiger charge is 2.26. The van der Waals surface area contributed by atoms with Gasteiger partial charge in [0.05, 0.1) is 29.2 Å². The quantitative estimate of drug-likeness (QED) is 0.743. The zero-order chi connectivity index (χ0) is 21.0. The van der Waals surface area contributed by atoms with Gasteiger partial charge in [-0.05, 0) is 35.7 Å². The van der Waals surface area contributed by atoms with E-state index in [1.54, 1.807) is 12.1 Å². The Morgan fingerprint density at radius 3 is 2.48 bits per heavy atom. The van der Waals surface area contributed by atoms with Crippen LogP contribution in [0.3, 0.4) is 0 Å². The molecule has 0 spiro atoms. The van der Waals surface area contributed by atoms with E-state index in [0.717, 1.165) is 12.0 Å². The van der Waals surface area contributed by atoms with Crippen LogP contribution in [0.1, 0.15) is 31.9 Å². The Morgan fingerprint density at radius 1 is 1.10 bits per heavy atom. The van der Waals surface area contributed by atoms with Crippen molar-refractivity contribution in [2.75, 3.05) is 19.0 Å². The minimum atomic E-state index is -3.85. The predicted octanol–water partition coefficient (Wildman–Crippen LogP) is 3.79. The Kier molecular flexibility index (Phi) is 6.70.